The standard InChI is InChI=1S/C23H33NO5/c1-23(2,3)18(21(26)27)14-19(25)20(17-12-8-5-9-13-17)24-22(28)29-15-16-10-6-4-7-11-16/h4,6-7,10-11,17-18,20H,5,8-9,12-15H2,1-3H3,(H,24,28)(H,26,27)/t18-,20+/m1/s1. The highest BCUT2D eigenvalue weighted by atomic mass is 16.5. The number of ether oxygens (including phenoxy) is 1. The van der Waals surface area contributed by atoms with Crippen molar-refractivity contribution in [3.05, 3.63) is 35.9 Å². The molecule has 0 aliphatic heterocycles. The van der Waals surface area contributed by atoms with Crippen molar-refractivity contribution in [2.24, 2.45) is 17.3 Å². The van der Waals surface area contributed by atoms with Crippen LogP contribution in [0.1, 0.15) is 64.9 Å². The molecule has 0 spiro atoms. The summed E-state index contributed by atoms with van der Waals surface area (Å²) < 4.78 is 5.30. The minimum atomic E-state index is -0.986. The van der Waals surface area contributed by atoms with Gasteiger partial charge in [-0.3, -0.25) is 9.59 Å². The van der Waals surface area contributed by atoms with Crippen LogP contribution in [0.25, 0.3) is 0 Å². The van der Waals surface area contributed by atoms with Gasteiger partial charge in [0.25, 0.3) is 0 Å². The Kier molecular flexibility index (Phi) is 8.23. The molecule has 0 radical (unpaired) electrons. The Morgan fingerprint density at radius 2 is 1.72 bits per heavy atom. The van der Waals surface area contributed by atoms with Crippen LogP contribution in [-0.4, -0.2) is 29.0 Å². The number of alkyl carbamates (subject to hydrolysis) is 1. The normalized spacial score (nSPS) is 17.2. The van der Waals surface area contributed by atoms with Gasteiger partial charge in [-0.1, -0.05) is 70.4 Å². The summed E-state index contributed by atoms with van der Waals surface area (Å²) in [6, 6.07) is 8.63. The zero-order chi connectivity index (χ0) is 21.4. The number of carbonyl (C=O) groups excluding carboxylic acids is 2. The molecule has 29 heavy (non-hydrogen) atoms. The van der Waals surface area contributed by atoms with Gasteiger partial charge < -0.3 is 15.2 Å². The van der Waals surface area contributed by atoms with Gasteiger partial charge in [-0.05, 0) is 29.7 Å². The maximum Gasteiger partial charge on any atom is 0.408 e. The lowest BCUT2D eigenvalue weighted by Crippen LogP contribution is -2.48. The summed E-state index contributed by atoms with van der Waals surface area (Å²) in [5.74, 6) is -1.99. The fourth-order valence-electron chi connectivity index (χ4n) is 3.91. The van der Waals surface area contributed by atoms with Crippen molar-refractivity contribution < 1.29 is 24.2 Å². The number of hydrogen-bond donors (Lipinski definition) is 2. The molecule has 2 rings (SSSR count). The predicted molar refractivity (Wildman–Crippen MR) is 110 cm³/mol. The molecule has 1 saturated carbocycles. The van der Waals surface area contributed by atoms with E-state index in [0.29, 0.717) is 0 Å². The molecular formula is C23H33NO5. The molecule has 0 aromatic heterocycles. The van der Waals surface area contributed by atoms with Crippen LogP contribution in [0, 0.1) is 17.3 Å². The fraction of sp³-hybridized carbons (Fsp3) is 0.609. The fourth-order valence-corrected chi connectivity index (χ4v) is 3.91. The Balaban J connectivity index is 2.06. The number of carboxylic acid groups (broad SMARTS) is 1. The maximum atomic E-state index is 13.1. The molecule has 0 bridgehead atoms. The second-order valence-electron chi connectivity index (χ2n) is 9.01. The lowest BCUT2D eigenvalue weighted by molar-refractivity contribution is -0.148. The zero-order valence-electron chi connectivity index (χ0n) is 17.6. The van der Waals surface area contributed by atoms with Gasteiger partial charge in [-0.2, -0.15) is 0 Å². The van der Waals surface area contributed by atoms with Crippen molar-refractivity contribution in [3.63, 3.8) is 0 Å². The molecule has 1 aromatic rings. The highest BCUT2D eigenvalue weighted by molar-refractivity contribution is 5.90. The zero-order valence-corrected chi connectivity index (χ0v) is 17.6. The number of rotatable bonds is 8. The molecular weight excluding hydrogens is 370 g/mol. The molecule has 2 N–H and O–H groups in total. The third kappa shape index (κ3) is 7.18. The van der Waals surface area contributed by atoms with Crippen molar-refractivity contribution >= 4 is 17.8 Å². The van der Waals surface area contributed by atoms with E-state index in [9.17, 15) is 19.5 Å². The molecule has 1 aliphatic rings. The second-order valence-corrected chi connectivity index (χ2v) is 9.01. The Labute approximate surface area is 173 Å². The van der Waals surface area contributed by atoms with E-state index >= 15 is 0 Å². The summed E-state index contributed by atoms with van der Waals surface area (Å²) in [6.45, 7) is 5.57. The molecule has 0 heterocycles. The van der Waals surface area contributed by atoms with Crippen molar-refractivity contribution in [2.75, 3.05) is 0 Å². The quantitative estimate of drug-likeness (QED) is 0.663. The summed E-state index contributed by atoms with van der Waals surface area (Å²) in [7, 11) is 0. The van der Waals surface area contributed by atoms with E-state index in [1.165, 1.54) is 0 Å². The maximum absolute atomic E-state index is 13.1. The number of Topliss-reactive ketones (excluding diaryl/α,β-unsaturated/α-hetero) is 1. The lowest BCUT2D eigenvalue weighted by Gasteiger charge is -2.32. The Morgan fingerprint density at radius 3 is 2.28 bits per heavy atom. The summed E-state index contributed by atoms with van der Waals surface area (Å²) >= 11 is 0. The van der Waals surface area contributed by atoms with Gasteiger partial charge in [-0.25, -0.2) is 4.79 Å². The van der Waals surface area contributed by atoms with Gasteiger partial charge in [0.05, 0.1) is 12.0 Å². The number of hydrogen-bond acceptors (Lipinski definition) is 4. The number of nitrogens with one attached hydrogen (secondary N) is 1. The van der Waals surface area contributed by atoms with Gasteiger partial charge in [0.15, 0.2) is 5.78 Å². The van der Waals surface area contributed by atoms with E-state index in [0.717, 1.165) is 37.7 Å². The molecule has 0 saturated heterocycles. The predicted octanol–water partition coefficient (Wildman–Crippen LogP) is 4.57. The summed E-state index contributed by atoms with van der Waals surface area (Å²) in [6.07, 6.45) is 4.11. The molecule has 6 nitrogen and oxygen atoms in total. The Hall–Kier alpha value is -2.37. The number of benzene rings is 1. The van der Waals surface area contributed by atoms with Gasteiger partial charge in [0.2, 0.25) is 0 Å². The van der Waals surface area contributed by atoms with Crippen molar-refractivity contribution in [2.45, 2.75) is 71.9 Å². The molecule has 160 valence electrons. The monoisotopic (exact) mass is 403 g/mol. The van der Waals surface area contributed by atoms with Crippen LogP contribution in [-0.2, 0) is 20.9 Å². The van der Waals surface area contributed by atoms with E-state index < -0.39 is 29.4 Å². The van der Waals surface area contributed by atoms with Crippen LogP contribution in [0.2, 0.25) is 0 Å². The topological polar surface area (TPSA) is 92.7 Å². The highest BCUT2D eigenvalue weighted by Gasteiger charge is 2.38. The Morgan fingerprint density at radius 1 is 1.10 bits per heavy atom. The number of carbonyl (C=O) groups is 3. The van der Waals surface area contributed by atoms with E-state index in [1.807, 2.05) is 51.1 Å². The van der Waals surface area contributed by atoms with Crippen LogP contribution in [0.5, 0.6) is 0 Å². The molecule has 1 fully saturated rings. The SMILES string of the molecule is CC(C)(C)[C@H](CC(=O)[C@@H](NC(=O)OCc1ccccc1)C1CCCCC1)C(=O)O. The summed E-state index contributed by atoms with van der Waals surface area (Å²) in [5, 5.41) is 12.3. The molecule has 2 atom stereocenters. The molecule has 0 unspecified atom stereocenters. The van der Waals surface area contributed by atoms with E-state index in [2.05, 4.69) is 5.32 Å². The highest BCUT2D eigenvalue weighted by Crippen LogP contribution is 2.32. The molecule has 1 aliphatic carbocycles. The average Bonchev–Trinajstić information content (AvgIpc) is 2.68. The van der Waals surface area contributed by atoms with Crippen LogP contribution in [0.3, 0.4) is 0 Å². The van der Waals surface area contributed by atoms with E-state index in [-0.39, 0.29) is 24.7 Å². The number of amides is 1. The van der Waals surface area contributed by atoms with Crippen LogP contribution in [0.15, 0.2) is 30.3 Å². The average molecular weight is 404 g/mol. The summed E-state index contributed by atoms with van der Waals surface area (Å²) in [4.78, 5) is 37.2. The first-order valence-corrected chi connectivity index (χ1v) is 10.4. The number of carboxylic acids is 1. The number of ketones is 1. The molecule has 1 aromatic carbocycles. The van der Waals surface area contributed by atoms with Crippen LogP contribution < -0.4 is 5.32 Å². The Bertz CT molecular complexity index is 689. The molecule has 6 heteroatoms. The first-order chi connectivity index (χ1) is 13.7. The third-order valence-electron chi connectivity index (χ3n) is 5.70. The van der Waals surface area contributed by atoms with E-state index in [4.69, 9.17) is 4.74 Å². The van der Waals surface area contributed by atoms with Gasteiger partial charge in [0.1, 0.15) is 6.61 Å². The second kappa shape index (κ2) is 10.4. The van der Waals surface area contributed by atoms with Gasteiger partial charge in [0, 0.05) is 6.42 Å². The van der Waals surface area contributed by atoms with E-state index in [1.54, 1.807) is 0 Å². The van der Waals surface area contributed by atoms with Gasteiger partial charge >= 0.3 is 12.1 Å². The lowest BCUT2D eigenvalue weighted by atomic mass is 9.75. The van der Waals surface area contributed by atoms with Crippen molar-refractivity contribution in [1.29, 1.82) is 0 Å². The first kappa shape index (κ1) is 22.9. The number of aliphatic carboxylic acids is 1. The third-order valence-corrected chi connectivity index (χ3v) is 5.70. The van der Waals surface area contributed by atoms with Crippen LogP contribution >= 0.6 is 0 Å². The van der Waals surface area contributed by atoms with Gasteiger partial charge in [-0.15, -0.1) is 0 Å². The smallest absolute Gasteiger partial charge is 0.408 e. The summed E-state index contributed by atoms with van der Waals surface area (Å²) in [5.41, 5.74) is 0.314. The first-order valence-electron chi connectivity index (χ1n) is 10.4. The van der Waals surface area contributed by atoms with Crippen LogP contribution in [0.4, 0.5) is 4.79 Å². The minimum absolute atomic E-state index is 0.0231. The molecule has 1 amide bonds. The minimum Gasteiger partial charge on any atom is -0.481 e. The van der Waals surface area contributed by atoms with Crippen molar-refractivity contribution in [3.8, 4) is 0 Å². The van der Waals surface area contributed by atoms with Crippen molar-refractivity contribution in [1.82, 2.24) is 5.32 Å². The largest absolute Gasteiger partial charge is 0.481 e.